The summed E-state index contributed by atoms with van der Waals surface area (Å²) >= 11 is 0. The van der Waals surface area contributed by atoms with Crippen LogP contribution in [0.25, 0.3) is 0 Å². The average Bonchev–Trinajstić information content (AvgIpc) is 2.69. The van der Waals surface area contributed by atoms with Gasteiger partial charge in [-0.1, -0.05) is 18.2 Å². The first-order valence-electron chi connectivity index (χ1n) is 6.49. The Balaban J connectivity index is 2.13. The van der Waals surface area contributed by atoms with Crippen molar-refractivity contribution < 1.29 is 9.90 Å². The molecule has 0 unspecified atom stereocenters. The van der Waals surface area contributed by atoms with Crippen LogP contribution in [-0.2, 0) is 0 Å². The Morgan fingerprint density at radius 2 is 2.25 bits per heavy atom. The minimum atomic E-state index is -0.929. The van der Waals surface area contributed by atoms with E-state index in [2.05, 4.69) is 16.4 Å². The second-order valence-corrected chi connectivity index (χ2v) is 4.66. The van der Waals surface area contributed by atoms with Crippen molar-refractivity contribution in [2.24, 2.45) is 4.99 Å². The molecule has 0 bridgehead atoms. The van der Waals surface area contributed by atoms with Crippen molar-refractivity contribution in [3.63, 3.8) is 0 Å². The molecule has 20 heavy (non-hydrogen) atoms. The topological polar surface area (TPSA) is 61.7 Å². The molecule has 0 saturated carbocycles. The number of allylic oxidation sites excluding steroid dienone is 4. The first-order valence-corrected chi connectivity index (χ1v) is 6.49. The molecule has 0 fully saturated rings. The molecule has 0 saturated heterocycles. The fourth-order valence-electron chi connectivity index (χ4n) is 2.36. The lowest BCUT2D eigenvalue weighted by molar-refractivity contribution is 0.0697. The highest BCUT2D eigenvalue weighted by Crippen LogP contribution is 2.27. The van der Waals surface area contributed by atoms with E-state index in [9.17, 15) is 4.79 Å². The van der Waals surface area contributed by atoms with E-state index < -0.39 is 5.97 Å². The normalized spacial score (nSPS) is 16.6. The standard InChI is InChI=1S/C16H14N2O2/c19-16(20)12-6-7-14-13(10-12)15(18-9-8-17-14)11-4-2-1-3-5-11/h1-2,4,6-10,17H,3,5H2,(H,19,20). The maximum Gasteiger partial charge on any atom is 0.335 e. The smallest absolute Gasteiger partial charge is 0.335 e. The van der Waals surface area contributed by atoms with E-state index in [1.54, 1.807) is 30.6 Å². The monoisotopic (exact) mass is 266 g/mol. The van der Waals surface area contributed by atoms with Gasteiger partial charge in [-0.05, 0) is 36.6 Å². The molecule has 2 N–H and O–H groups in total. The second-order valence-electron chi connectivity index (χ2n) is 4.66. The number of hydrogen-bond donors (Lipinski definition) is 2. The molecule has 100 valence electrons. The number of carboxylic acids is 1. The number of carboxylic acid groups (broad SMARTS) is 1. The minimum Gasteiger partial charge on any atom is -0.478 e. The summed E-state index contributed by atoms with van der Waals surface area (Å²) in [6, 6.07) is 5.05. The Kier molecular flexibility index (Phi) is 3.21. The van der Waals surface area contributed by atoms with Gasteiger partial charge in [-0.25, -0.2) is 4.79 Å². The van der Waals surface area contributed by atoms with E-state index in [0.717, 1.165) is 35.4 Å². The van der Waals surface area contributed by atoms with Crippen molar-refractivity contribution in [2.45, 2.75) is 12.8 Å². The van der Waals surface area contributed by atoms with Gasteiger partial charge in [0.1, 0.15) is 0 Å². The zero-order chi connectivity index (χ0) is 13.9. The molecule has 0 aromatic heterocycles. The Morgan fingerprint density at radius 1 is 1.35 bits per heavy atom. The predicted octanol–water partition coefficient (Wildman–Crippen LogP) is 3.35. The summed E-state index contributed by atoms with van der Waals surface area (Å²) in [6.07, 6.45) is 11.5. The van der Waals surface area contributed by atoms with E-state index in [1.165, 1.54) is 0 Å². The molecular weight excluding hydrogens is 252 g/mol. The van der Waals surface area contributed by atoms with Crippen molar-refractivity contribution in [1.82, 2.24) is 0 Å². The molecular formula is C16H14N2O2. The highest BCUT2D eigenvalue weighted by atomic mass is 16.4. The van der Waals surface area contributed by atoms with Gasteiger partial charge in [0.05, 0.1) is 11.3 Å². The molecule has 0 amide bonds. The molecule has 0 radical (unpaired) electrons. The summed E-state index contributed by atoms with van der Waals surface area (Å²) in [4.78, 5) is 15.6. The third kappa shape index (κ3) is 2.28. The van der Waals surface area contributed by atoms with Gasteiger partial charge in [0.15, 0.2) is 0 Å². The first-order chi connectivity index (χ1) is 9.75. The summed E-state index contributed by atoms with van der Waals surface area (Å²) < 4.78 is 0. The zero-order valence-electron chi connectivity index (χ0n) is 10.8. The van der Waals surface area contributed by atoms with Crippen molar-refractivity contribution in [3.05, 3.63) is 65.5 Å². The molecule has 4 heteroatoms. The number of aliphatic imine (C=N–C) groups is 1. The number of aromatic carboxylic acids is 1. The molecule has 1 heterocycles. The lowest BCUT2D eigenvalue weighted by Crippen LogP contribution is -2.09. The van der Waals surface area contributed by atoms with Crippen LogP contribution in [0.1, 0.15) is 28.8 Å². The summed E-state index contributed by atoms with van der Waals surface area (Å²) in [5, 5.41) is 12.3. The van der Waals surface area contributed by atoms with Gasteiger partial charge in [0.2, 0.25) is 0 Å². The Labute approximate surface area is 116 Å². The molecule has 1 aliphatic heterocycles. The molecule has 2 aliphatic rings. The quantitative estimate of drug-likeness (QED) is 0.863. The van der Waals surface area contributed by atoms with Gasteiger partial charge < -0.3 is 10.4 Å². The van der Waals surface area contributed by atoms with Gasteiger partial charge in [-0.15, -0.1) is 0 Å². The SMILES string of the molecule is O=C(O)c1ccc2c(c1)C(C1=CC=CCC1)=NC=CN2. The van der Waals surface area contributed by atoms with Gasteiger partial charge in [-0.2, -0.15) is 0 Å². The largest absolute Gasteiger partial charge is 0.478 e. The molecule has 0 spiro atoms. The van der Waals surface area contributed by atoms with Crippen LogP contribution in [-0.4, -0.2) is 16.8 Å². The van der Waals surface area contributed by atoms with E-state index in [4.69, 9.17) is 5.11 Å². The van der Waals surface area contributed by atoms with Crippen molar-refractivity contribution >= 4 is 17.4 Å². The van der Waals surface area contributed by atoms with Crippen LogP contribution >= 0.6 is 0 Å². The fourth-order valence-corrected chi connectivity index (χ4v) is 2.36. The second kappa shape index (κ2) is 5.17. The summed E-state index contributed by atoms with van der Waals surface area (Å²) in [5.74, 6) is -0.929. The highest BCUT2D eigenvalue weighted by Gasteiger charge is 2.17. The highest BCUT2D eigenvalue weighted by molar-refractivity contribution is 6.17. The number of nitrogens with zero attached hydrogens (tertiary/aromatic N) is 1. The minimum absolute atomic E-state index is 0.270. The first kappa shape index (κ1) is 12.4. The summed E-state index contributed by atoms with van der Waals surface area (Å²) in [7, 11) is 0. The van der Waals surface area contributed by atoms with Gasteiger partial charge in [-0.3, -0.25) is 4.99 Å². The van der Waals surface area contributed by atoms with Crippen LogP contribution in [0, 0.1) is 0 Å². The Morgan fingerprint density at radius 3 is 3.00 bits per heavy atom. The average molecular weight is 266 g/mol. The van der Waals surface area contributed by atoms with Crippen molar-refractivity contribution in [1.29, 1.82) is 0 Å². The zero-order valence-corrected chi connectivity index (χ0v) is 10.8. The fraction of sp³-hybridized carbons (Fsp3) is 0.125. The van der Waals surface area contributed by atoms with Gasteiger partial charge in [0, 0.05) is 23.7 Å². The Bertz CT molecular complexity index is 682. The van der Waals surface area contributed by atoms with Crippen LogP contribution in [0.4, 0.5) is 5.69 Å². The summed E-state index contributed by atoms with van der Waals surface area (Å²) in [5.41, 5.74) is 3.94. The maximum atomic E-state index is 11.2. The molecule has 4 nitrogen and oxygen atoms in total. The van der Waals surface area contributed by atoms with Crippen LogP contribution < -0.4 is 5.32 Å². The molecule has 0 atom stereocenters. The summed E-state index contributed by atoms with van der Waals surface area (Å²) in [6.45, 7) is 0. The number of anilines is 1. The predicted molar refractivity (Wildman–Crippen MR) is 79.2 cm³/mol. The number of carbonyl (C=O) groups is 1. The van der Waals surface area contributed by atoms with Crippen LogP contribution in [0.3, 0.4) is 0 Å². The number of nitrogens with one attached hydrogen (secondary N) is 1. The third-order valence-electron chi connectivity index (χ3n) is 3.36. The van der Waals surface area contributed by atoms with Crippen molar-refractivity contribution in [2.75, 3.05) is 5.32 Å². The molecule has 1 aromatic carbocycles. The van der Waals surface area contributed by atoms with E-state index in [-0.39, 0.29) is 5.56 Å². The van der Waals surface area contributed by atoms with Gasteiger partial charge >= 0.3 is 5.97 Å². The third-order valence-corrected chi connectivity index (χ3v) is 3.36. The number of hydrogen-bond acceptors (Lipinski definition) is 3. The molecule has 1 aliphatic carbocycles. The Hall–Kier alpha value is -2.62. The van der Waals surface area contributed by atoms with E-state index in [1.807, 2.05) is 12.2 Å². The molecule has 3 rings (SSSR count). The van der Waals surface area contributed by atoms with E-state index in [0.29, 0.717) is 0 Å². The van der Waals surface area contributed by atoms with Gasteiger partial charge in [0.25, 0.3) is 0 Å². The number of benzene rings is 1. The number of rotatable bonds is 2. The number of fused-ring (bicyclic) bond motifs is 1. The van der Waals surface area contributed by atoms with Crippen LogP contribution in [0.5, 0.6) is 0 Å². The van der Waals surface area contributed by atoms with Crippen molar-refractivity contribution in [3.8, 4) is 0 Å². The lowest BCUT2D eigenvalue weighted by atomic mass is 9.93. The van der Waals surface area contributed by atoms with Crippen LogP contribution in [0.15, 0.2) is 59.4 Å². The molecule has 1 aromatic rings. The van der Waals surface area contributed by atoms with Crippen LogP contribution in [0.2, 0.25) is 0 Å². The lowest BCUT2D eigenvalue weighted by Gasteiger charge is -2.15. The maximum absolute atomic E-state index is 11.2. The van der Waals surface area contributed by atoms with E-state index >= 15 is 0 Å².